The Balaban J connectivity index is 2.03. The van der Waals surface area contributed by atoms with Gasteiger partial charge in [-0.3, -0.25) is 4.79 Å². The van der Waals surface area contributed by atoms with Gasteiger partial charge >= 0.3 is 5.97 Å². The summed E-state index contributed by atoms with van der Waals surface area (Å²) in [4.78, 5) is 23.4. The minimum atomic E-state index is -1.12. The third-order valence-corrected chi connectivity index (χ3v) is 4.00. The molecule has 1 fully saturated rings. The highest BCUT2D eigenvalue weighted by Crippen LogP contribution is 2.21. The number of carboxylic acids is 1. The van der Waals surface area contributed by atoms with E-state index >= 15 is 0 Å². The molecular formula is C15H17ClFNO4. The van der Waals surface area contributed by atoms with Gasteiger partial charge in [0.25, 0.3) is 0 Å². The van der Waals surface area contributed by atoms with Gasteiger partial charge in [0, 0.05) is 23.1 Å². The van der Waals surface area contributed by atoms with E-state index in [0.29, 0.717) is 13.0 Å². The number of carbonyl (C=O) groups is 2. The van der Waals surface area contributed by atoms with Gasteiger partial charge in [-0.1, -0.05) is 17.7 Å². The number of benzene rings is 1. The second kappa shape index (κ2) is 7.56. The summed E-state index contributed by atoms with van der Waals surface area (Å²) >= 11 is 5.87. The zero-order valence-electron chi connectivity index (χ0n) is 11.9. The first-order valence-electron chi connectivity index (χ1n) is 7.02. The highest BCUT2D eigenvalue weighted by molar-refractivity contribution is 6.31. The van der Waals surface area contributed by atoms with Crippen LogP contribution in [0.15, 0.2) is 18.2 Å². The van der Waals surface area contributed by atoms with Crippen LogP contribution in [-0.4, -0.2) is 36.2 Å². The summed E-state index contributed by atoms with van der Waals surface area (Å²) in [5.41, 5.74) is 0.0608. The summed E-state index contributed by atoms with van der Waals surface area (Å²) in [6.45, 7) is 0.888. The maximum absolute atomic E-state index is 13.7. The highest BCUT2D eigenvalue weighted by Gasteiger charge is 2.31. The Morgan fingerprint density at radius 1 is 1.50 bits per heavy atom. The molecule has 5 nitrogen and oxygen atoms in total. The third-order valence-electron chi connectivity index (χ3n) is 3.65. The van der Waals surface area contributed by atoms with Crippen LogP contribution in [-0.2, 0) is 20.7 Å². The Labute approximate surface area is 132 Å². The predicted octanol–water partition coefficient (Wildman–Crippen LogP) is 2.02. The maximum atomic E-state index is 13.7. The zero-order chi connectivity index (χ0) is 16.1. The van der Waals surface area contributed by atoms with Crippen LogP contribution in [0.4, 0.5) is 4.39 Å². The van der Waals surface area contributed by atoms with Crippen LogP contribution in [0.5, 0.6) is 0 Å². The largest absolute Gasteiger partial charge is 0.480 e. The van der Waals surface area contributed by atoms with Crippen molar-refractivity contribution < 1.29 is 23.8 Å². The molecule has 0 saturated carbocycles. The fourth-order valence-electron chi connectivity index (χ4n) is 2.50. The van der Waals surface area contributed by atoms with Crippen LogP contribution in [0, 0.1) is 11.7 Å². The predicted molar refractivity (Wildman–Crippen MR) is 78.2 cm³/mol. The van der Waals surface area contributed by atoms with Crippen LogP contribution >= 0.6 is 11.6 Å². The van der Waals surface area contributed by atoms with E-state index in [4.69, 9.17) is 16.3 Å². The van der Waals surface area contributed by atoms with Gasteiger partial charge in [0.15, 0.2) is 0 Å². The lowest BCUT2D eigenvalue weighted by Gasteiger charge is -2.28. The van der Waals surface area contributed by atoms with E-state index in [9.17, 15) is 19.1 Å². The lowest BCUT2D eigenvalue weighted by Crippen LogP contribution is -2.48. The highest BCUT2D eigenvalue weighted by atomic mass is 35.5. The molecule has 1 aliphatic heterocycles. The Morgan fingerprint density at radius 2 is 2.27 bits per heavy atom. The number of nitrogens with one attached hydrogen (secondary N) is 1. The van der Waals surface area contributed by atoms with Gasteiger partial charge in [-0.2, -0.15) is 0 Å². The Morgan fingerprint density at radius 3 is 2.86 bits per heavy atom. The van der Waals surface area contributed by atoms with E-state index in [1.807, 2.05) is 0 Å². The van der Waals surface area contributed by atoms with Gasteiger partial charge in [0.2, 0.25) is 5.91 Å². The molecular weight excluding hydrogens is 313 g/mol. The molecule has 1 heterocycles. The number of carboxylic acid groups (broad SMARTS) is 1. The summed E-state index contributed by atoms with van der Waals surface area (Å²) in [7, 11) is 0. The first-order chi connectivity index (χ1) is 10.5. The van der Waals surface area contributed by atoms with Gasteiger partial charge in [-0.25, -0.2) is 9.18 Å². The van der Waals surface area contributed by atoms with Crippen molar-refractivity contribution in [3.8, 4) is 0 Å². The molecule has 0 aliphatic carbocycles. The Hall–Kier alpha value is -1.66. The van der Waals surface area contributed by atoms with Gasteiger partial charge in [-0.05, 0) is 25.0 Å². The van der Waals surface area contributed by atoms with Crippen molar-refractivity contribution in [2.45, 2.75) is 25.3 Å². The van der Waals surface area contributed by atoms with Crippen molar-refractivity contribution in [1.29, 1.82) is 0 Å². The number of carbonyl (C=O) groups excluding carboxylic acids is 1. The zero-order valence-corrected chi connectivity index (χ0v) is 12.6. The van der Waals surface area contributed by atoms with Crippen molar-refractivity contribution in [3.63, 3.8) is 0 Å². The first-order valence-corrected chi connectivity index (χ1v) is 7.39. The molecule has 0 spiro atoms. The average molecular weight is 330 g/mol. The summed E-state index contributed by atoms with van der Waals surface area (Å²) < 4.78 is 18.9. The fourth-order valence-corrected chi connectivity index (χ4v) is 2.73. The van der Waals surface area contributed by atoms with E-state index < -0.39 is 23.7 Å². The van der Waals surface area contributed by atoms with Crippen LogP contribution in [0.1, 0.15) is 18.4 Å². The molecule has 0 bridgehead atoms. The van der Waals surface area contributed by atoms with Crippen molar-refractivity contribution in [2.24, 2.45) is 5.92 Å². The quantitative estimate of drug-likeness (QED) is 0.866. The number of rotatable bonds is 5. The van der Waals surface area contributed by atoms with Gasteiger partial charge in [0.1, 0.15) is 11.9 Å². The van der Waals surface area contributed by atoms with Crippen molar-refractivity contribution in [1.82, 2.24) is 5.32 Å². The topological polar surface area (TPSA) is 75.6 Å². The van der Waals surface area contributed by atoms with Crippen molar-refractivity contribution in [2.75, 3.05) is 13.2 Å². The summed E-state index contributed by atoms with van der Waals surface area (Å²) in [6, 6.07) is 3.09. The SMILES string of the molecule is O=C(Cc1c(F)cccc1Cl)NC(C(=O)O)C1CCCOC1. The van der Waals surface area contributed by atoms with E-state index in [-0.39, 0.29) is 29.5 Å². The molecule has 2 unspecified atom stereocenters. The number of halogens is 2. The number of ether oxygens (including phenoxy) is 1. The molecule has 1 amide bonds. The van der Waals surface area contributed by atoms with E-state index in [2.05, 4.69) is 5.32 Å². The van der Waals surface area contributed by atoms with Gasteiger partial charge in [-0.15, -0.1) is 0 Å². The van der Waals surface area contributed by atoms with Crippen molar-refractivity contribution >= 4 is 23.5 Å². The number of hydrogen-bond donors (Lipinski definition) is 2. The maximum Gasteiger partial charge on any atom is 0.326 e. The molecule has 1 aromatic carbocycles. The number of amides is 1. The number of hydrogen-bond acceptors (Lipinski definition) is 3. The van der Waals surface area contributed by atoms with Crippen LogP contribution in [0.2, 0.25) is 5.02 Å². The molecule has 0 radical (unpaired) electrons. The van der Waals surface area contributed by atoms with E-state index in [0.717, 1.165) is 6.42 Å². The molecule has 1 aromatic rings. The lowest BCUT2D eigenvalue weighted by atomic mass is 9.93. The standard InChI is InChI=1S/C15H17ClFNO4/c16-11-4-1-5-12(17)10(11)7-13(19)18-14(15(20)21)9-3-2-6-22-8-9/h1,4-5,9,14H,2-3,6-8H2,(H,18,19)(H,20,21). The first kappa shape index (κ1) is 16.7. The second-order valence-corrected chi connectivity index (χ2v) is 5.64. The normalized spacial score (nSPS) is 19.5. The molecule has 1 aliphatic rings. The summed E-state index contributed by atoms with van der Waals surface area (Å²) in [5.74, 6) is -2.57. The molecule has 0 aromatic heterocycles. The lowest BCUT2D eigenvalue weighted by molar-refractivity contribution is -0.145. The molecule has 2 N–H and O–H groups in total. The van der Waals surface area contributed by atoms with Crippen LogP contribution in [0.3, 0.4) is 0 Å². The molecule has 7 heteroatoms. The van der Waals surface area contributed by atoms with Gasteiger partial charge in [0.05, 0.1) is 13.0 Å². The van der Waals surface area contributed by atoms with Crippen molar-refractivity contribution in [3.05, 3.63) is 34.6 Å². The minimum absolute atomic E-state index is 0.0608. The Bertz CT molecular complexity index is 540. The summed E-state index contributed by atoms with van der Waals surface area (Å²) in [6.07, 6.45) is 1.12. The number of aliphatic carboxylic acids is 1. The molecule has 120 valence electrons. The average Bonchev–Trinajstić information content (AvgIpc) is 2.49. The monoisotopic (exact) mass is 329 g/mol. The minimum Gasteiger partial charge on any atom is -0.480 e. The molecule has 2 atom stereocenters. The van der Waals surface area contributed by atoms with Gasteiger partial charge < -0.3 is 15.2 Å². The molecule has 1 saturated heterocycles. The second-order valence-electron chi connectivity index (χ2n) is 5.24. The smallest absolute Gasteiger partial charge is 0.326 e. The summed E-state index contributed by atoms with van der Waals surface area (Å²) in [5, 5.41) is 11.9. The van der Waals surface area contributed by atoms with E-state index in [1.165, 1.54) is 18.2 Å². The van der Waals surface area contributed by atoms with Crippen LogP contribution in [0.25, 0.3) is 0 Å². The van der Waals surface area contributed by atoms with E-state index in [1.54, 1.807) is 0 Å². The fraction of sp³-hybridized carbons (Fsp3) is 0.467. The Kier molecular flexibility index (Phi) is 5.74. The third kappa shape index (κ3) is 4.18. The van der Waals surface area contributed by atoms with Crippen LogP contribution < -0.4 is 5.32 Å². The molecule has 2 rings (SSSR count). The molecule has 22 heavy (non-hydrogen) atoms.